The minimum atomic E-state index is -1.72. The lowest BCUT2D eigenvalue weighted by atomic mass is 9.39. The van der Waals surface area contributed by atoms with E-state index >= 15 is 0 Å². The van der Waals surface area contributed by atoms with Crippen molar-refractivity contribution >= 4 is 0 Å². The van der Waals surface area contributed by atoms with Gasteiger partial charge in [-0.1, -0.05) is 53.2 Å². The van der Waals surface area contributed by atoms with E-state index in [1.54, 1.807) is 0 Å². The van der Waals surface area contributed by atoms with E-state index in [-0.39, 0.29) is 34.0 Å². The van der Waals surface area contributed by atoms with Crippen LogP contribution in [0.4, 0.5) is 0 Å². The Morgan fingerprint density at radius 3 is 1.75 bits per heavy atom. The van der Waals surface area contributed by atoms with Gasteiger partial charge in [-0.3, -0.25) is 0 Å². The molecule has 0 unspecified atom stereocenters. The van der Waals surface area contributed by atoms with Crippen LogP contribution in [0, 0.1) is 45.3 Å². The van der Waals surface area contributed by atoms with Gasteiger partial charge in [-0.05, 0) is 98.7 Å². The molecule has 26 atom stereocenters. The Morgan fingerprint density at radius 2 is 1.16 bits per heavy atom. The molecule has 4 aliphatic carbocycles. The maximum atomic E-state index is 11.8. The van der Waals surface area contributed by atoms with E-state index in [0.29, 0.717) is 6.42 Å². The van der Waals surface area contributed by atoms with Crippen LogP contribution in [-0.4, -0.2) is 213 Å². The SMILES string of the molecule is C[C@H]([C@H](O)[C@@H](O)[C@@H](O)C(C)(C)O[C@@H]1O[C@H](CO)[C@@H](O)[C@H](O)[C@H]1O)[C@H]1CC[C@@]2(C)[C@@H]3CC=C4[C@@H](CC[C@H](O[C@@H]5O[C@H](CO[C@@H]6O[C@H](CO)[C@@H](O)[C@H](O)[C@H]6O)[C@@H](O)[C@H](O)[C@H]5O)C4(C)C)[C@]3(C)CC[C@]12C. The molecular weight excluding hydrogens is 897 g/mol. The summed E-state index contributed by atoms with van der Waals surface area (Å²) in [5.74, 6) is 0.00958. The number of hydrogen-bond acceptors (Lipinski definition) is 20. The summed E-state index contributed by atoms with van der Waals surface area (Å²) < 4.78 is 35.0. The van der Waals surface area contributed by atoms with Gasteiger partial charge >= 0.3 is 0 Å². The molecule has 0 radical (unpaired) electrons. The van der Waals surface area contributed by atoms with E-state index in [0.717, 1.165) is 38.5 Å². The first kappa shape index (κ1) is 54.7. The lowest BCUT2D eigenvalue weighted by Gasteiger charge is -2.66. The first-order valence-corrected chi connectivity index (χ1v) is 24.6. The molecule has 20 nitrogen and oxygen atoms in total. The molecule has 3 saturated heterocycles. The summed E-state index contributed by atoms with van der Waals surface area (Å²) in [6.07, 6.45) is -20.2. The van der Waals surface area contributed by atoms with Crippen LogP contribution >= 0.6 is 0 Å². The summed E-state index contributed by atoms with van der Waals surface area (Å²) in [7, 11) is 0. The molecule has 7 rings (SSSR count). The van der Waals surface area contributed by atoms with Gasteiger partial charge in [0.2, 0.25) is 0 Å². The monoisotopic (exact) mass is 979 g/mol. The standard InChI is InChI=1S/C48H82O20/c1-20(29(51)36(58)40(62)45(4,5)68-43-39(61)34(56)31(53)25(18-50)65-43)21-13-14-48(8)27-11-9-22-23(46(27,6)15-16-47(21,48)7)10-12-28(44(22,2)3)67-42-38(60)35(57)32(54)26(66-42)19-63-41-37(59)33(55)30(52)24(17-49)64-41/h9,20-21,23-43,49-62H,10-19H2,1-8H3/t20-,21+,23+,24+,25+,26+,27+,28-,29-,30+,31+,32+,33-,34-,35-,36+,37+,38+,39+,40+,41+,42-,43-,46-,47+,48-/m0/s1. The summed E-state index contributed by atoms with van der Waals surface area (Å²) in [6.45, 7) is 14.3. The summed E-state index contributed by atoms with van der Waals surface area (Å²) in [6, 6.07) is 0. The molecule has 0 aromatic rings. The Kier molecular flexibility index (Phi) is 16.1. The molecule has 68 heavy (non-hydrogen) atoms. The normalized spacial score (nSPS) is 50.3. The van der Waals surface area contributed by atoms with Crippen molar-refractivity contribution in [2.75, 3.05) is 19.8 Å². The Bertz CT molecular complexity index is 1750. The van der Waals surface area contributed by atoms with E-state index in [1.807, 2.05) is 6.92 Å². The van der Waals surface area contributed by atoms with Crippen LogP contribution in [0.1, 0.15) is 100 Å². The molecule has 20 heteroatoms. The van der Waals surface area contributed by atoms with Crippen LogP contribution in [0.15, 0.2) is 11.6 Å². The number of aliphatic hydroxyl groups excluding tert-OH is 14. The van der Waals surface area contributed by atoms with Gasteiger partial charge in [0.1, 0.15) is 85.5 Å². The maximum Gasteiger partial charge on any atom is 0.187 e. The molecular formula is C48H82O20. The van der Waals surface area contributed by atoms with E-state index in [1.165, 1.54) is 19.4 Å². The minimum absolute atomic E-state index is 0.0171. The fraction of sp³-hybridized carbons (Fsp3) is 0.958. The van der Waals surface area contributed by atoms with Crippen molar-refractivity contribution in [3.63, 3.8) is 0 Å². The van der Waals surface area contributed by atoms with Crippen molar-refractivity contribution in [2.24, 2.45) is 45.3 Å². The number of aliphatic hydroxyl groups is 14. The number of rotatable bonds is 14. The average Bonchev–Trinajstić information content (AvgIpc) is 3.58. The highest BCUT2D eigenvalue weighted by Gasteiger charge is 2.68. The van der Waals surface area contributed by atoms with Crippen LogP contribution in [-0.2, 0) is 28.4 Å². The quantitative estimate of drug-likeness (QED) is 0.0831. The Hall–Kier alpha value is -1.06. The molecule has 0 amide bonds. The highest BCUT2D eigenvalue weighted by Crippen LogP contribution is 2.75. The zero-order chi connectivity index (χ0) is 50.4. The second-order valence-electron chi connectivity index (χ2n) is 23.2. The number of hydrogen-bond donors (Lipinski definition) is 14. The Balaban J connectivity index is 1.01. The van der Waals surface area contributed by atoms with Gasteiger partial charge in [-0.2, -0.15) is 0 Å². The number of ether oxygens (including phenoxy) is 6. The van der Waals surface area contributed by atoms with E-state index in [2.05, 4.69) is 40.7 Å². The van der Waals surface area contributed by atoms with E-state index in [4.69, 9.17) is 28.4 Å². The molecule has 7 aliphatic rings. The third kappa shape index (κ3) is 9.09. The summed E-state index contributed by atoms with van der Waals surface area (Å²) in [5, 5.41) is 149. The van der Waals surface area contributed by atoms with Crippen molar-refractivity contribution in [3.8, 4) is 0 Å². The maximum absolute atomic E-state index is 11.8. The van der Waals surface area contributed by atoms with Crippen LogP contribution in [0.5, 0.6) is 0 Å². The molecule has 14 N–H and O–H groups in total. The van der Waals surface area contributed by atoms with Crippen molar-refractivity contribution < 1.29 is 99.9 Å². The van der Waals surface area contributed by atoms with Crippen molar-refractivity contribution in [1.29, 1.82) is 0 Å². The molecule has 0 spiro atoms. The smallest absolute Gasteiger partial charge is 0.187 e. The highest BCUT2D eigenvalue weighted by atomic mass is 16.7. The molecule has 3 saturated carbocycles. The molecule has 3 heterocycles. The van der Waals surface area contributed by atoms with Crippen molar-refractivity contribution in [2.45, 2.75) is 222 Å². The van der Waals surface area contributed by atoms with Crippen LogP contribution in [0.3, 0.4) is 0 Å². The van der Waals surface area contributed by atoms with E-state index in [9.17, 15) is 71.5 Å². The van der Waals surface area contributed by atoms with Gasteiger partial charge in [0.05, 0.1) is 37.6 Å². The third-order valence-electron chi connectivity index (χ3n) is 18.9. The zero-order valence-corrected chi connectivity index (χ0v) is 40.6. The average molecular weight is 979 g/mol. The third-order valence-corrected chi connectivity index (χ3v) is 18.9. The van der Waals surface area contributed by atoms with Gasteiger partial charge < -0.3 is 99.9 Å². The largest absolute Gasteiger partial charge is 0.394 e. The molecule has 0 aromatic heterocycles. The zero-order valence-electron chi connectivity index (χ0n) is 40.6. The Morgan fingerprint density at radius 1 is 0.632 bits per heavy atom. The molecule has 0 aromatic carbocycles. The lowest BCUT2D eigenvalue weighted by Crippen LogP contribution is -2.63. The van der Waals surface area contributed by atoms with Gasteiger partial charge in [0.15, 0.2) is 18.9 Å². The molecule has 0 bridgehead atoms. The van der Waals surface area contributed by atoms with Crippen LogP contribution in [0.25, 0.3) is 0 Å². The fourth-order valence-corrected chi connectivity index (χ4v) is 14.2. The molecule has 3 aliphatic heterocycles. The van der Waals surface area contributed by atoms with E-state index < -0.39 is 153 Å². The topological polar surface area (TPSA) is 339 Å². The summed E-state index contributed by atoms with van der Waals surface area (Å²) in [5.41, 5.74) is -1.42. The lowest BCUT2D eigenvalue weighted by molar-refractivity contribution is -0.340. The first-order valence-electron chi connectivity index (χ1n) is 24.6. The van der Waals surface area contributed by atoms with Crippen LogP contribution in [0.2, 0.25) is 0 Å². The van der Waals surface area contributed by atoms with Crippen molar-refractivity contribution in [1.82, 2.24) is 0 Å². The van der Waals surface area contributed by atoms with Crippen molar-refractivity contribution in [3.05, 3.63) is 11.6 Å². The fourth-order valence-electron chi connectivity index (χ4n) is 14.2. The summed E-state index contributed by atoms with van der Waals surface area (Å²) >= 11 is 0. The predicted octanol–water partition coefficient (Wildman–Crippen LogP) is -2.09. The van der Waals surface area contributed by atoms with Gasteiger partial charge in [-0.25, -0.2) is 0 Å². The minimum Gasteiger partial charge on any atom is -0.394 e. The predicted molar refractivity (Wildman–Crippen MR) is 236 cm³/mol. The first-order chi connectivity index (χ1) is 31.6. The van der Waals surface area contributed by atoms with Gasteiger partial charge in [0, 0.05) is 5.41 Å². The van der Waals surface area contributed by atoms with Gasteiger partial charge in [-0.15, -0.1) is 0 Å². The second-order valence-corrected chi connectivity index (χ2v) is 23.2. The molecule has 394 valence electrons. The number of fused-ring (bicyclic) bond motifs is 5. The Labute approximate surface area is 398 Å². The number of allylic oxidation sites excluding steroid dienone is 1. The highest BCUT2D eigenvalue weighted by molar-refractivity contribution is 5.30. The van der Waals surface area contributed by atoms with Gasteiger partial charge in [0.25, 0.3) is 0 Å². The summed E-state index contributed by atoms with van der Waals surface area (Å²) in [4.78, 5) is 0. The van der Waals surface area contributed by atoms with Crippen LogP contribution < -0.4 is 0 Å². The second kappa shape index (κ2) is 20.0. The molecule has 6 fully saturated rings.